The van der Waals surface area contributed by atoms with E-state index in [-0.39, 0.29) is 17.5 Å². The molecule has 3 heterocycles. The van der Waals surface area contributed by atoms with Gasteiger partial charge in [0.15, 0.2) is 0 Å². The van der Waals surface area contributed by atoms with Gasteiger partial charge in [-0.05, 0) is 55.1 Å². The van der Waals surface area contributed by atoms with Gasteiger partial charge in [0.25, 0.3) is 5.91 Å². The molecule has 0 saturated carbocycles. The predicted molar refractivity (Wildman–Crippen MR) is 134 cm³/mol. The Morgan fingerprint density at radius 1 is 1.18 bits per heavy atom. The molecule has 0 radical (unpaired) electrons. The summed E-state index contributed by atoms with van der Waals surface area (Å²) in [5.41, 5.74) is 5.56. The highest BCUT2D eigenvalue weighted by Gasteiger charge is 2.50. The van der Waals surface area contributed by atoms with Gasteiger partial charge in [0.1, 0.15) is 0 Å². The summed E-state index contributed by atoms with van der Waals surface area (Å²) in [4.78, 5) is 12.5. The molecule has 34 heavy (non-hydrogen) atoms. The lowest BCUT2D eigenvalue weighted by molar-refractivity contribution is 0.0952. The molecule has 7 nitrogen and oxygen atoms in total. The van der Waals surface area contributed by atoms with Crippen LogP contribution in [0.2, 0.25) is 0 Å². The second-order valence-electron chi connectivity index (χ2n) is 9.54. The van der Waals surface area contributed by atoms with Gasteiger partial charge in [-0.2, -0.15) is 0 Å². The minimum Gasteiger partial charge on any atom is -0.369 e. The lowest BCUT2D eigenvalue weighted by Gasteiger charge is -2.28. The molecule has 2 aromatic carbocycles. The van der Waals surface area contributed by atoms with Crippen molar-refractivity contribution < 1.29 is 4.79 Å². The number of nitrogens with zero attached hydrogens (tertiary/aromatic N) is 3. The van der Waals surface area contributed by atoms with Crippen molar-refractivity contribution in [2.24, 2.45) is 0 Å². The van der Waals surface area contributed by atoms with Crippen LogP contribution >= 0.6 is 0 Å². The number of para-hydroxylation sites is 1. The lowest BCUT2D eigenvalue weighted by atomic mass is 9.76. The van der Waals surface area contributed by atoms with Gasteiger partial charge < -0.3 is 10.6 Å². The van der Waals surface area contributed by atoms with Crippen LogP contribution in [0.4, 0.5) is 5.69 Å². The fourth-order valence-corrected chi connectivity index (χ4v) is 5.38. The zero-order valence-corrected chi connectivity index (χ0v) is 19.9. The van der Waals surface area contributed by atoms with E-state index in [9.17, 15) is 4.79 Å². The maximum atomic E-state index is 12.5. The van der Waals surface area contributed by atoms with Crippen LogP contribution in [0, 0.1) is 0 Å². The Kier molecular flexibility index (Phi) is 6.63. The molecule has 2 aliphatic heterocycles. The topological polar surface area (TPSA) is 83.9 Å². The van der Waals surface area contributed by atoms with Gasteiger partial charge >= 0.3 is 0 Å². The van der Waals surface area contributed by atoms with Gasteiger partial charge in [-0.3, -0.25) is 14.8 Å². The first-order valence-electron chi connectivity index (χ1n) is 12.5. The molecule has 1 aromatic heterocycles. The standard InChI is InChI=1S/C27H34N6O/c1-2-3-4-7-20-10-12-21(13-11-20)25(34)28-16-17-33-19-22(31-32-33)18-27-14-15-29-26(27)30-24-9-6-5-8-23(24)27/h5-6,8-13,19,26,29-30H,2-4,7,14-18H2,1H3,(H,28,34)/t26-,27-/m1/s1. The van der Waals surface area contributed by atoms with E-state index < -0.39 is 0 Å². The Labute approximate surface area is 201 Å². The van der Waals surface area contributed by atoms with Crippen LogP contribution in [0.5, 0.6) is 0 Å². The van der Waals surface area contributed by atoms with Gasteiger partial charge in [-0.15, -0.1) is 5.10 Å². The highest BCUT2D eigenvalue weighted by molar-refractivity contribution is 5.94. The number of unbranched alkanes of at least 4 members (excludes halogenated alkanes) is 2. The number of nitrogens with one attached hydrogen (secondary N) is 3. The fraction of sp³-hybridized carbons (Fsp3) is 0.444. The Hall–Kier alpha value is -3.19. The third-order valence-corrected chi connectivity index (χ3v) is 7.23. The Balaban J connectivity index is 1.14. The molecule has 0 aliphatic carbocycles. The molecule has 5 rings (SSSR count). The van der Waals surface area contributed by atoms with Crippen molar-refractivity contribution in [3.63, 3.8) is 0 Å². The third kappa shape index (κ3) is 4.57. The Morgan fingerprint density at radius 3 is 2.88 bits per heavy atom. The van der Waals surface area contributed by atoms with Crippen LogP contribution in [0.3, 0.4) is 0 Å². The summed E-state index contributed by atoms with van der Waals surface area (Å²) in [6.45, 7) is 4.31. The molecular weight excluding hydrogens is 424 g/mol. The van der Waals surface area contributed by atoms with Crippen molar-refractivity contribution in [2.45, 2.75) is 63.6 Å². The molecule has 3 aromatic rings. The van der Waals surface area contributed by atoms with E-state index in [0.29, 0.717) is 18.7 Å². The molecule has 1 fully saturated rings. The molecule has 0 spiro atoms. The largest absolute Gasteiger partial charge is 0.369 e. The number of hydrogen-bond donors (Lipinski definition) is 3. The summed E-state index contributed by atoms with van der Waals surface area (Å²) in [7, 11) is 0. The number of rotatable bonds is 10. The van der Waals surface area contributed by atoms with Gasteiger partial charge in [-0.25, -0.2) is 0 Å². The van der Waals surface area contributed by atoms with E-state index in [0.717, 1.165) is 31.5 Å². The summed E-state index contributed by atoms with van der Waals surface area (Å²) >= 11 is 0. The van der Waals surface area contributed by atoms with Gasteiger partial charge in [0, 0.05) is 35.8 Å². The minimum absolute atomic E-state index is 0.00831. The molecule has 0 unspecified atom stereocenters. The molecule has 7 heteroatoms. The van der Waals surface area contributed by atoms with Crippen molar-refractivity contribution in [2.75, 3.05) is 18.4 Å². The monoisotopic (exact) mass is 458 g/mol. The average Bonchev–Trinajstić information content (AvgIpc) is 3.54. The first-order valence-corrected chi connectivity index (χ1v) is 12.5. The maximum Gasteiger partial charge on any atom is 0.251 e. The number of benzene rings is 2. The van der Waals surface area contributed by atoms with E-state index in [1.807, 2.05) is 23.0 Å². The van der Waals surface area contributed by atoms with Crippen molar-refractivity contribution in [1.29, 1.82) is 0 Å². The highest BCUT2D eigenvalue weighted by atomic mass is 16.1. The van der Waals surface area contributed by atoms with E-state index in [1.165, 1.54) is 36.1 Å². The van der Waals surface area contributed by atoms with Crippen molar-refractivity contribution in [3.8, 4) is 0 Å². The molecule has 3 N–H and O–H groups in total. The van der Waals surface area contributed by atoms with Crippen molar-refractivity contribution >= 4 is 11.6 Å². The number of anilines is 1. The van der Waals surface area contributed by atoms with Gasteiger partial charge in [0.2, 0.25) is 0 Å². The second kappa shape index (κ2) is 9.97. The average molecular weight is 459 g/mol. The minimum atomic E-state index is -0.0483. The summed E-state index contributed by atoms with van der Waals surface area (Å²) in [6.07, 6.45) is 8.89. The fourth-order valence-electron chi connectivity index (χ4n) is 5.38. The number of aryl methyl sites for hydroxylation is 1. The molecule has 178 valence electrons. The number of hydrogen-bond acceptors (Lipinski definition) is 5. The first-order chi connectivity index (χ1) is 16.7. The Morgan fingerprint density at radius 2 is 2.03 bits per heavy atom. The zero-order valence-electron chi connectivity index (χ0n) is 19.9. The van der Waals surface area contributed by atoms with Crippen LogP contribution in [-0.2, 0) is 24.8 Å². The van der Waals surface area contributed by atoms with E-state index in [1.54, 1.807) is 0 Å². The van der Waals surface area contributed by atoms with E-state index in [4.69, 9.17) is 0 Å². The van der Waals surface area contributed by atoms with Crippen molar-refractivity contribution in [1.82, 2.24) is 25.6 Å². The number of carbonyl (C=O) groups is 1. The smallest absolute Gasteiger partial charge is 0.251 e. The third-order valence-electron chi connectivity index (χ3n) is 7.23. The van der Waals surface area contributed by atoms with Crippen LogP contribution in [0.1, 0.15) is 59.8 Å². The number of amides is 1. The van der Waals surface area contributed by atoms with E-state index in [2.05, 4.69) is 69.6 Å². The highest BCUT2D eigenvalue weighted by Crippen LogP contribution is 2.47. The molecule has 2 aliphatic rings. The van der Waals surface area contributed by atoms with Crippen LogP contribution in [-0.4, -0.2) is 40.2 Å². The summed E-state index contributed by atoms with van der Waals surface area (Å²) in [5.74, 6) is -0.0483. The summed E-state index contributed by atoms with van der Waals surface area (Å²) in [6, 6.07) is 16.5. The number of fused-ring (bicyclic) bond motifs is 3. The predicted octanol–water partition coefficient (Wildman–Crippen LogP) is 3.67. The normalized spacial score (nSPS) is 20.6. The SMILES string of the molecule is CCCCCc1ccc(C(=O)NCCn2cc(C[C@@]34CCN[C@@H]3Nc3ccccc34)nn2)cc1. The maximum absolute atomic E-state index is 12.5. The van der Waals surface area contributed by atoms with Crippen LogP contribution < -0.4 is 16.0 Å². The second-order valence-corrected chi connectivity index (χ2v) is 9.54. The van der Waals surface area contributed by atoms with E-state index >= 15 is 0 Å². The number of aromatic nitrogens is 3. The number of carbonyl (C=O) groups excluding carboxylic acids is 1. The van der Waals surface area contributed by atoms with Crippen molar-refractivity contribution in [3.05, 3.63) is 77.1 Å². The molecule has 1 saturated heterocycles. The summed E-state index contributed by atoms with van der Waals surface area (Å²) in [5, 5.41) is 19.0. The molecule has 1 amide bonds. The quantitative estimate of drug-likeness (QED) is 0.404. The van der Waals surface area contributed by atoms with Crippen LogP contribution in [0.25, 0.3) is 0 Å². The molecule has 0 bridgehead atoms. The van der Waals surface area contributed by atoms with Crippen LogP contribution in [0.15, 0.2) is 54.7 Å². The lowest BCUT2D eigenvalue weighted by Crippen LogP contribution is -2.42. The summed E-state index contributed by atoms with van der Waals surface area (Å²) < 4.78 is 1.83. The van der Waals surface area contributed by atoms with Gasteiger partial charge in [0.05, 0.1) is 18.4 Å². The molecule has 2 atom stereocenters. The first kappa shape index (κ1) is 22.6. The zero-order chi connectivity index (χ0) is 23.4. The van der Waals surface area contributed by atoms with Gasteiger partial charge in [-0.1, -0.05) is 55.3 Å². The Bertz CT molecular complexity index is 1120. The molecular formula is C27H34N6O.